The molecular formula is C16H19N3O3S. The molecule has 6 nitrogen and oxygen atoms in total. The highest BCUT2D eigenvalue weighted by Gasteiger charge is 2.18. The third kappa shape index (κ3) is 3.94. The van der Waals surface area contributed by atoms with Crippen molar-refractivity contribution < 1.29 is 13.2 Å². The molecule has 0 fully saturated rings. The number of aryl methyl sites for hydroxylation is 1. The number of aromatic nitrogens is 1. The maximum Gasteiger partial charge on any atom is 0.252 e. The molecule has 7 heteroatoms. The van der Waals surface area contributed by atoms with Crippen LogP contribution in [0, 0.1) is 6.92 Å². The highest BCUT2D eigenvalue weighted by atomic mass is 32.2. The molecule has 0 radical (unpaired) electrons. The summed E-state index contributed by atoms with van der Waals surface area (Å²) in [5, 5.41) is 2.87. The Hall–Kier alpha value is -2.25. The van der Waals surface area contributed by atoms with Gasteiger partial charge in [-0.3, -0.25) is 9.78 Å². The van der Waals surface area contributed by atoms with Gasteiger partial charge in [-0.05, 0) is 56.3 Å². The van der Waals surface area contributed by atoms with Gasteiger partial charge in [-0.2, -0.15) is 0 Å². The van der Waals surface area contributed by atoms with Gasteiger partial charge in [0.25, 0.3) is 5.91 Å². The molecule has 0 unspecified atom stereocenters. The monoisotopic (exact) mass is 333 g/mol. The van der Waals surface area contributed by atoms with E-state index in [1.165, 1.54) is 19.2 Å². The molecule has 0 bridgehead atoms. The fourth-order valence-electron chi connectivity index (χ4n) is 2.14. The zero-order chi connectivity index (χ0) is 17.0. The van der Waals surface area contributed by atoms with E-state index in [2.05, 4.69) is 15.0 Å². The number of rotatable bonds is 5. The normalized spacial score (nSPS) is 12.7. The quantitative estimate of drug-likeness (QED) is 0.873. The first-order valence-electron chi connectivity index (χ1n) is 7.10. The van der Waals surface area contributed by atoms with E-state index in [0.717, 1.165) is 5.56 Å². The first kappa shape index (κ1) is 17.1. The van der Waals surface area contributed by atoms with Crippen molar-refractivity contribution in [3.05, 3.63) is 59.4 Å². The number of pyridine rings is 1. The van der Waals surface area contributed by atoms with E-state index in [1.54, 1.807) is 25.4 Å². The summed E-state index contributed by atoms with van der Waals surface area (Å²) in [6, 6.07) is 7.91. The number of nitrogens with one attached hydrogen (secondary N) is 2. The Balaban J connectivity index is 2.27. The van der Waals surface area contributed by atoms with Crippen LogP contribution in [0.2, 0.25) is 0 Å². The molecule has 1 heterocycles. The average molecular weight is 333 g/mol. The van der Waals surface area contributed by atoms with Crippen LogP contribution in [0.3, 0.4) is 0 Å². The van der Waals surface area contributed by atoms with Crippen LogP contribution < -0.4 is 10.0 Å². The summed E-state index contributed by atoms with van der Waals surface area (Å²) in [7, 11) is -2.26. The molecule has 122 valence electrons. The molecule has 1 amide bonds. The maximum absolute atomic E-state index is 12.5. The maximum atomic E-state index is 12.5. The van der Waals surface area contributed by atoms with Gasteiger partial charge in [-0.25, -0.2) is 13.1 Å². The molecule has 0 aliphatic heterocycles. The van der Waals surface area contributed by atoms with Gasteiger partial charge in [0.1, 0.15) is 0 Å². The molecule has 23 heavy (non-hydrogen) atoms. The van der Waals surface area contributed by atoms with E-state index in [-0.39, 0.29) is 16.8 Å². The number of nitrogens with zero attached hydrogens (tertiary/aromatic N) is 1. The second kappa shape index (κ2) is 6.89. The Morgan fingerprint density at radius 1 is 1.17 bits per heavy atom. The summed E-state index contributed by atoms with van der Waals surface area (Å²) in [5.74, 6) is -0.319. The van der Waals surface area contributed by atoms with Crippen LogP contribution in [-0.2, 0) is 10.0 Å². The zero-order valence-corrected chi connectivity index (χ0v) is 14.0. The zero-order valence-electron chi connectivity index (χ0n) is 13.2. The van der Waals surface area contributed by atoms with Crippen LogP contribution in [0.4, 0.5) is 0 Å². The molecule has 0 spiro atoms. The summed E-state index contributed by atoms with van der Waals surface area (Å²) >= 11 is 0. The minimum absolute atomic E-state index is 0.0623. The largest absolute Gasteiger partial charge is 0.346 e. The second-order valence-corrected chi connectivity index (χ2v) is 7.05. The van der Waals surface area contributed by atoms with Gasteiger partial charge >= 0.3 is 0 Å². The summed E-state index contributed by atoms with van der Waals surface area (Å²) in [6.07, 6.45) is 3.31. The van der Waals surface area contributed by atoms with Gasteiger partial charge in [-0.1, -0.05) is 6.07 Å². The molecule has 2 N–H and O–H groups in total. The number of sulfonamides is 1. The third-order valence-corrected chi connectivity index (χ3v) is 5.00. The van der Waals surface area contributed by atoms with E-state index >= 15 is 0 Å². The Morgan fingerprint density at radius 3 is 2.43 bits per heavy atom. The number of carbonyl (C=O) groups excluding carboxylic acids is 1. The number of hydrogen-bond donors (Lipinski definition) is 2. The molecule has 1 aromatic carbocycles. The van der Waals surface area contributed by atoms with Gasteiger partial charge < -0.3 is 5.32 Å². The van der Waals surface area contributed by atoms with Crippen molar-refractivity contribution >= 4 is 15.9 Å². The summed E-state index contributed by atoms with van der Waals surface area (Å²) in [5.41, 5.74) is 1.96. The van der Waals surface area contributed by atoms with Crippen molar-refractivity contribution in [2.24, 2.45) is 0 Å². The molecule has 0 aliphatic carbocycles. The Kier molecular flexibility index (Phi) is 5.12. The summed E-state index contributed by atoms with van der Waals surface area (Å²) in [6.45, 7) is 3.62. The summed E-state index contributed by atoms with van der Waals surface area (Å²) in [4.78, 5) is 16.5. The Bertz CT molecular complexity index is 805. The predicted molar refractivity (Wildman–Crippen MR) is 87.5 cm³/mol. The van der Waals surface area contributed by atoms with E-state index in [0.29, 0.717) is 11.1 Å². The lowest BCUT2D eigenvalue weighted by atomic mass is 10.1. The molecule has 1 atom stereocenters. The van der Waals surface area contributed by atoms with Gasteiger partial charge in [-0.15, -0.1) is 0 Å². The lowest BCUT2D eigenvalue weighted by Gasteiger charge is -2.15. The van der Waals surface area contributed by atoms with E-state index < -0.39 is 10.0 Å². The number of carbonyl (C=O) groups is 1. The van der Waals surface area contributed by atoms with Crippen molar-refractivity contribution in [1.29, 1.82) is 0 Å². The third-order valence-electron chi connectivity index (χ3n) is 3.59. The van der Waals surface area contributed by atoms with Crippen molar-refractivity contribution in [2.75, 3.05) is 7.05 Å². The molecule has 2 rings (SSSR count). The molecule has 1 aromatic heterocycles. The van der Waals surface area contributed by atoms with Crippen LogP contribution in [0.15, 0.2) is 47.6 Å². The number of hydrogen-bond acceptors (Lipinski definition) is 4. The van der Waals surface area contributed by atoms with Crippen molar-refractivity contribution in [2.45, 2.75) is 24.8 Å². The first-order chi connectivity index (χ1) is 10.8. The second-order valence-electron chi connectivity index (χ2n) is 5.16. The van der Waals surface area contributed by atoms with E-state index in [4.69, 9.17) is 0 Å². The fraction of sp³-hybridized carbons (Fsp3) is 0.250. The van der Waals surface area contributed by atoms with Crippen LogP contribution in [0.25, 0.3) is 0 Å². The first-order valence-corrected chi connectivity index (χ1v) is 8.58. The molecule has 0 saturated heterocycles. The van der Waals surface area contributed by atoms with Gasteiger partial charge in [0, 0.05) is 18.0 Å². The minimum Gasteiger partial charge on any atom is -0.346 e. The topological polar surface area (TPSA) is 88.2 Å². The van der Waals surface area contributed by atoms with Crippen LogP contribution in [0.1, 0.15) is 34.5 Å². The minimum atomic E-state index is -3.59. The van der Waals surface area contributed by atoms with Crippen molar-refractivity contribution in [3.8, 4) is 0 Å². The molecular weight excluding hydrogens is 314 g/mol. The lowest BCUT2D eigenvalue weighted by molar-refractivity contribution is 0.0939. The smallest absolute Gasteiger partial charge is 0.252 e. The highest BCUT2D eigenvalue weighted by molar-refractivity contribution is 7.89. The van der Waals surface area contributed by atoms with Crippen molar-refractivity contribution in [3.63, 3.8) is 0 Å². The van der Waals surface area contributed by atoms with Crippen LogP contribution in [0.5, 0.6) is 0 Å². The van der Waals surface area contributed by atoms with Gasteiger partial charge in [0.15, 0.2) is 0 Å². The average Bonchev–Trinajstić information content (AvgIpc) is 2.55. The fourth-order valence-corrected chi connectivity index (χ4v) is 2.90. The van der Waals surface area contributed by atoms with Gasteiger partial charge in [0.05, 0.1) is 10.9 Å². The lowest BCUT2D eigenvalue weighted by Crippen LogP contribution is -2.28. The van der Waals surface area contributed by atoms with Crippen LogP contribution >= 0.6 is 0 Å². The molecule has 0 aliphatic rings. The standard InChI is InChI=1S/C16H19N3O3S/c1-11-4-5-14(23(21,22)17-3)10-15(11)16(20)19-12(2)13-6-8-18-9-7-13/h4-10,12,17H,1-3H3,(H,19,20)/t12-/m1/s1. The highest BCUT2D eigenvalue weighted by Crippen LogP contribution is 2.17. The van der Waals surface area contributed by atoms with Crippen molar-refractivity contribution in [1.82, 2.24) is 15.0 Å². The summed E-state index contributed by atoms with van der Waals surface area (Å²) < 4.78 is 26.0. The van der Waals surface area contributed by atoms with Gasteiger partial charge in [0.2, 0.25) is 10.0 Å². The van der Waals surface area contributed by atoms with E-state index in [9.17, 15) is 13.2 Å². The molecule has 0 saturated carbocycles. The SMILES string of the molecule is CNS(=O)(=O)c1ccc(C)c(C(=O)N[C@H](C)c2ccncc2)c1. The Labute approximate surface area is 136 Å². The Morgan fingerprint density at radius 2 is 1.83 bits per heavy atom. The van der Waals surface area contributed by atoms with E-state index in [1.807, 2.05) is 19.1 Å². The van der Waals surface area contributed by atoms with Crippen LogP contribution in [-0.4, -0.2) is 26.4 Å². The number of amides is 1. The predicted octanol–water partition coefficient (Wildman–Crippen LogP) is 1.79. The molecule has 2 aromatic rings. The number of benzene rings is 1.